The zero-order chi connectivity index (χ0) is 17.0. The Balaban J connectivity index is 2.01. The number of benzene rings is 2. The summed E-state index contributed by atoms with van der Waals surface area (Å²) in [6.45, 7) is 3.67. The number of methoxy groups -OCH3 is 1. The highest BCUT2D eigenvalue weighted by Gasteiger charge is 2.11. The van der Waals surface area contributed by atoms with Gasteiger partial charge in [0.2, 0.25) is 0 Å². The summed E-state index contributed by atoms with van der Waals surface area (Å²) in [5.74, 6) is 0.812. The Bertz CT molecular complexity index is 709. The van der Waals surface area contributed by atoms with Gasteiger partial charge in [-0.15, -0.1) is 0 Å². The number of hydrogen-bond donors (Lipinski definition) is 2. The molecule has 23 heavy (non-hydrogen) atoms. The van der Waals surface area contributed by atoms with Crippen LogP contribution in [0.4, 0.5) is 11.4 Å². The molecule has 0 saturated heterocycles. The summed E-state index contributed by atoms with van der Waals surface area (Å²) >= 11 is 6.15. The van der Waals surface area contributed by atoms with E-state index in [0.29, 0.717) is 27.9 Å². The fraction of sp³-hybridized carbons (Fsp3) is 0.235. The highest BCUT2D eigenvalue weighted by molar-refractivity contribution is 6.32. The van der Waals surface area contributed by atoms with E-state index < -0.39 is 0 Å². The number of nitrogens with two attached hydrogens (primary N) is 1. The summed E-state index contributed by atoms with van der Waals surface area (Å²) in [6, 6.07) is 8.77. The van der Waals surface area contributed by atoms with E-state index in [1.54, 1.807) is 31.4 Å². The smallest absolute Gasteiger partial charge is 0.262 e. The van der Waals surface area contributed by atoms with Crippen LogP contribution >= 0.6 is 11.6 Å². The summed E-state index contributed by atoms with van der Waals surface area (Å²) in [6.07, 6.45) is 0. The van der Waals surface area contributed by atoms with Crippen molar-refractivity contribution < 1.29 is 14.3 Å². The van der Waals surface area contributed by atoms with E-state index in [-0.39, 0.29) is 12.5 Å². The molecular formula is C17H19ClN2O3. The van der Waals surface area contributed by atoms with E-state index >= 15 is 0 Å². The molecule has 2 rings (SSSR count). The molecule has 0 bridgehead atoms. The number of carbonyl (C=O) groups is 1. The van der Waals surface area contributed by atoms with Crippen LogP contribution in [0.15, 0.2) is 30.3 Å². The molecule has 0 radical (unpaired) electrons. The first-order chi connectivity index (χ1) is 10.9. The van der Waals surface area contributed by atoms with Crippen molar-refractivity contribution in [1.29, 1.82) is 0 Å². The molecule has 0 atom stereocenters. The van der Waals surface area contributed by atoms with Gasteiger partial charge in [0.05, 0.1) is 23.5 Å². The first-order valence-corrected chi connectivity index (χ1v) is 7.41. The van der Waals surface area contributed by atoms with Crippen LogP contribution in [0, 0.1) is 13.8 Å². The van der Waals surface area contributed by atoms with Gasteiger partial charge in [0.15, 0.2) is 6.61 Å². The topological polar surface area (TPSA) is 73.6 Å². The van der Waals surface area contributed by atoms with Crippen LogP contribution in [-0.2, 0) is 4.79 Å². The van der Waals surface area contributed by atoms with Crippen molar-refractivity contribution in [2.45, 2.75) is 13.8 Å². The first-order valence-electron chi connectivity index (χ1n) is 7.03. The Morgan fingerprint density at radius 1 is 1.26 bits per heavy atom. The summed E-state index contributed by atoms with van der Waals surface area (Å²) in [5, 5.41) is 3.18. The Morgan fingerprint density at radius 2 is 2.00 bits per heavy atom. The lowest BCUT2D eigenvalue weighted by Crippen LogP contribution is -2.21. The summed E-state index contributed by atoms with van der Waals surface area (Å²) in [5.41, 5.74) is 8.70. The predicted molar refractivity (Wildman–Crippen MR) is 92.5 cm³/mol. The molecule has 0 aliphatic carbocycles. The molecule has 0 aliphatic heterocycles. The van der Waals surface area contributed by atoms with Gasteiger partial charge in [-0.3, -0.25) is 4.79 Å². The lowest BCUT2D eigenvalue weighted by Gasteiger charge is -2.13. The number of amides is 1. The average Bonchev–Trinajstić information content (AvgIpc) is 2.48. The number of carbonyl (C=O) groups excluding carboxylic acids is 1. The zero-order valence-electron chi connectivity index (χ0n) is 13.3. The van der Waals surface area contributed by atoms with Gasteiger partial charge in [0, 0.05) is 6.07 Å². The van der Waals surface area contributed by atoms with E-state index in [1.807, 2.05) is 19.9 Å². The van der Waals surface area contributed by atoms with Crippen LogP contribution in [0.3, 0.4) is 0 Å². The number of hydrogen-bond acceptors (Lipinski definition) is 4. The summed E-state index contributed by atoms with van der Waals surface area (Å²) in [4.78, 5) is 12.0. The highest BCUT2D eigenvalue weighted by atomic mass is 35.5. The molecule has 1 amide bonds. The molecule has 0 fully saturated rings. The van der Waals surface area contributed by atoms with Gasteiger partial charge < -0.3 is 20.5 Å². The van der Waals surface area contributed by atoms with E-state index in [4.69, 9.17) is 26.8 Å². The summed E-state index contributed by atoms with van der Waals surface area (Å²) in [7, 11) is 1.55. The maximum Gasteiger partial charge on any atom is 0.262 e. The van der Waals surface area contributed by atoms with Crippen molar-refractivity contribution in [2.75, 3.05) is 24.8 Å². The molecule has 6 heteroatoms. The number of ether oxygens (including phenoxy) is 2. The minimum atomic E-state index is -0.321. The third kappa shape index (κ3) is 4.29. The third-order valence-electron chi connectivity index (χ3n) is 3.25. The van der Waals surface area contributed by atoms with Crippen LogP contribution in [0.5, 0.6) is 11.5 Å². The van der Waals surface area contributed by atoms with E-state index in [1.165, 1.54) is 0 Å². The van der Waals surface area contributed by atoms with E-state index in [0.717, 1.165) is 11.1 Å². The molecule has 0 aliphatic rings. The molecular weight excluding hydrogens is 316 g/mol. The normalized spacial score (nSPS) is 10.3. The van der Waals surface area contributed by atoms with Crippen molar-refractivity contribution in [3.05, 3.63) is 46.5 Å². The Labute approximate surface area is 140 Å². The van der Waals surface area contributed by atoms with Crippen LogP contribution < -0.4 is 20.5 Å². The minimum Gasteiger partial charge on any atom is -0.497 e. The molecule has 0 heterocycles. The number of halogens is 1. The predicted octanol–water partition coefficient (Wildman–Crippen LogP) is 3.57. The fourth-order valence-corrected chi connectivity index (χ4v) is 2.57. The van der Waals surface area contributed by atoms with Crippen molar-refractivity contribution in [2.24, 2.45) is 0 Å². The second kappa shape index (κ2) is 7.24. The molecule has 2 aromatic carbocycles. The summed E-state index contributed by atoms with van der Waals surface area (Å²) < 4.78 is 10.6. The SMILES string of the molecule is COc1ccc(NC(=O)COc2c(C)cc(C)cc2Cl)c(N)c1. The second-order valence-electron chi connectivity index (χ2n) is 5.18. The number of aryl methyl sites for hydroxylation is 2. The zero-order valence-corrected chi connectivity index (χ0v) is 14.0. The van der Waals surface area contributed by atoms with E-state index in [9.17, 15) is 4.79 Å². The molecule has 0 aromatic heterocycles. The molecule has 3 N–H and O–H groups in total. The number of nitrogen functional groups attached to an aromatic ring is 1. The van der Waals surface area contributed by atoms with Crippen LogP contribution in [0.1, 0.15) is 11.1 Å². The van der Waals surface area contributed by atoms with E-state index in [2.05, 4.69) is 5.32 Å². The maximum atomic E-state index is 12.0. The molecule has 2 aromatic rings. The van der Waals surface area contributed by atoms with Gasteiger partial charge in [-0.1, -0.05) is 17.7 Å². The molecule has 0 unspecified atom stereocenters. The van der Waals surface area contributed by atoms with Crippen molar-refractivity contribution in [1.82, 2.24) is 0 Å². The van der Waals surface area contributed by atoms with Crippen LogP contribution in [0.25, 0.3) is 0 Å². The van der Waals surface area contributed by atoms with Crippen LogP contribution in [-0.4, -0.2) is 19.6 Å². The standard InChI is InChI=1S/C17H19ClN2O3/c1-10-6-11(2)17(13(18)7-10)23-9-16(21)20-15-5-4-12(22-3)8-14(15)19/h4-8H,9,19H2,1-3H3,(H,20,21). The quantitative estimate of drug-likeness (QED) is 0.820. The molecule has 122 valence electrons. The van der Waals surface area contributed by atoms with Gasteiger partial charge >= 0.3 is 0 Å². The Hall–Kier alpha value is -2.40. The first kappa shape index (κ1) is 17.0. The van der Waals surface area contributed by atoms with Crippen molar-refractivity contribution >= 4 is 28.9 Å². The van der Waals surface area contributed by atoms with Crippen molar-refractivity contribution in [3.63, 3.8) is 0 Å². The number of rotatable bonds is 5. The van der Waals surface area contributed by atoms with Gasteiger partial charge in [-0.25, -0.2) is 0 Å². The Kier molecular flexibility index (Phi) is 5.34. The number of anilines is 2. The molecule has 0 spiro atoms. The lowest BCUT2D eigenvalue weighted by molar-refractivity contribution is -0.118. The largest absolute Gasteiger partial charge is 0.497 e. The fourth-order valence-electron chi connectivity index (χ4n) is 2.19. The van der Waals surface area contributed by atoms with Gasteiger partial charge in [-0.2, -0.15) is 0 Å². The van der Waals surface area contributed by atoms with Gasteiger partial charge in [-0.05, 0) is 43.2 Å². The minimum absolute atomic E-state index is 0.158. The number of nitrogens with one attached hydrogen (secondary N) is 1. The third-order valence-corrected chi connectivity index (χ3v) is 3.53. The monoisotopic (exact) mass is 334 g/mol. The van der Waals surface area contributed by atoms with Gasteiger partial charge in [0.25, 0.3) is 5.91 Å². The average molecular weight is 335 g/mol. The molecule has 0 saturated carbocycles. The molecule has 5 nitrogen and oxygen atoms in total. The second-order valence-corrected chi connectivity index (χ2v) is 5.59. The van der Waals surface area contributed by atoms with Crippen molar-refractivity contribution in [3.8, 4) is 11.5 Å². The highest BCUT2D eigenvalue weighted by Crippen LogP contribution is 2.30. The van der Waals surface area contributed by atoms with Gasteiger partial charge in [0.1, 0.15) is 11.5 Å². The van der Waals surface area contributed by atoms with Crippen LogP contribution in [0.2, 0.25) is 5.02 Å². The Morgan fingerprint density at radius 3 is 2.61 bits per heavy atom. The maximum absolute atomic E-state index is 12.0. The lowest BCUT2D eigenvalue weighted by atomic mass is 10.1.